The smallest absolute Gasteiger partial charge is 0.228 e. The van der Waals surface area contributed by atoms with Gasteiger partial charge in [0, 0.05) is 35.8 Å². The lowest BCUT2D eigenvalue weighted by molar-refractivity contribution is -0.131. The Hall–Kier alpha value is -2.53. The monoisotopic (exact) mass is 419 g/mol. The van der Waals surface area contributed by atoms with E-state index < -0.39 is 0 Å². The van der Waals surface area contributed by atoms with E-state index >= 15 is 0 Å². The minimum atomic E-state index is 0.178. The zero-order valence-corrected chi connectivity index (χ0v) is 18.8. The predicted octanol–water partition coefficient (Wildman–Crippen LogP) is 5.00. The minimum Gasteiger partial charge on any atom is -0.342 e. The van der Waals surface area contributed by atoms with Crippen LogP contribution in [0.4, 0.5) is 0 Å². The Labute approximate surface area is 183 Å². The number of benzene rings is 1. The fraction of sp³-hybridized carbons (Fsp3) is 0.400. The van der Waals surface area contributed by atoms with Gasteiger partial charge in [0.05, 0.1) is 17.1 Å². The highest BCUT2D eigenvalue weighted by Crippen LogP contribution is 2.28. The van der Waals surface area contributed by atoms with Crippen LogP contribution in [0.25, 0.3) is 0 Å². The number of carbonyl (C=O) groups excluding carboxylic acids is 1. The molecule has 1 amide bonds. The highest BCUT2D eigenvalue weighted by Gasteiger charge is 2.26. The number of hydrogen-bond donors (Lipinski definition) is 0. The normalized spacial score (nSPS) is 16.6. The van der Waals surface area contributed by atoms with Crippen LogP contribution in [-0.2, 0) is 17.6 Å². The number of aromatic nitrogens is 2. The zero-order chi connectivity index (χ0) is 21.1. The number of aryl methyl sites for hydroxylation is 3. The second-order valence-electron chi connectivity index (χ2n) is 8.42. The number of nitrogens with zero attached hydrogens (tertiary/aromatic N) is 3. The molecule has 1 atom stereocenters. The summed E-state index contributed by atoms with van der Waals surface area (Å²) >= 11 is 1.60. The molecule has 4 nitrogen and oxygen atoms in total. The summed E-state index contributed by atoms with van der Waals surface area (Å²) in [6, 6.07) is 13.1. The topological polar surface area (TPSA) is 46.1 Å². The summed E-state index contributed by atoms with van der Waals surface area (Å²) in [4.78, 5) is 24.1. The molecule has 156 valence electrons. The molecular weight excluding hydrogens is 390 g/mol. The maximum Gasteiger partial charge on any atom is 0.228 e. The Morgan fingerprint density at radius 2 is 2.00 bits per heavy atom. The van der Waals surface area contributed by atoms with Gasteiger partial charge in [-0.05, 0) is 63.3 Å². The van der Waals surface area contributed by atoms with Crippen molar-refractivity contribution in [2.75, 3.05) is 13.1 Å². The third-order valence-electron chi connectivity index (χ3n) is 5.72. The van der Waals surface area contributed by atoms with Crippen molar-refractivity contribution in [3.63, 3.8) is 0 Å². The number of amides is 1. The third-order valence-corrected chi connectivity index (χ3v) is 6.54. The van der Waals surface area contributed by atoms with E-state index in [2.05, 4.69) is 55.2 Å². The van der Waals surface area contributed by atoms with Crippen LogP contribution < -0.4 is 0 Å². The van der Waals surface area contributed by atoms with Gasteiger partial charge in [0.2, 0.25) is 5.91 Å². The maximum atomic E-state index is 12.8. The average Bonchev–Trinajstić information content (AvgIpc) is 3.12. The molecule has 0 spiro atoms. The summed E-state index contributed by atoms with van der Waals surface area (Å²) in [5, 5.41) is 3.01. The molecular formula is C25H29N3OS. The molecule has 1 aromatic carbocycles. The summed E-state index contributed by atoms with van der Waals surface area (Å²) in [6.45, 7) is 7.77. The summed E-state index contributed by atoms with van der Waals surface area (Å²) in [5.74, 6) is 0.480. The predicted molar refractivity (Wildman–Crippen MR) is 122 cm³/mol. The lowest BCUT2D eigenvalue weighted by atomic mass is 9.92. The third kappa shape index (κ3) is 5.14. The molecule has 3 heterocycles. The van der Waals surface area contributed by atoms with Crippen molar-refractivity contribution in [2.24, 2.45) is 0 Å². The van der Waals surface area contributed by atoms with Gasteiger partial charge in [-0.3, -0.25) is 9.78 Å². The van der Waals surface area contributed by atoms with Gasteiger partial charge in [-0.2, -0.15) is 0 Å². The van der Waals surface area contributed by atoms with Crippen molar-refractivity contribution in [3.05, 3.63) is 80.6 Å². The van der Waals surface area contributed by atoms with Crippen molar-refractivity contribution in [2.45, 2.75) is 52.4 Å². The molecule has 0 aliphatic carbocycles. The molecule has 0 radical (unpaired) electrons. The summed E-state index contributed by atoms with van der Waals surface area (Å²) in [6.07, 6.45) is 3.42. The Morgan fingerprint density at radius 3 is 2.77 bits per heavy atom. The van der Waals surface area contributed by atoms with E-state index in [0.29, 0.717) is 12.3 Å². The van der Waals surface area contributed by atoms with E-state index in [0.717, 1.165) is 54.4 Å². The van der Waals surface area contributed by atoms with Crippen LogP contribution in [-0.4, -0.2) is 33.9 Å². The fourth-order valence-electron chi connectivity index (χ4n) is 4.34. The van der Waals surface area contributed by atoms with Crippen LogP contribution in [0.1, 0.15) is 57.5 Å². The second kappa shape index (κ2) is 9.09. The number of likely N-dealkylation sites (tertiary alicyclic amines) is 1. The van der Waals surface area contributed by atoms with Crippen molar-refractivity contribution in [3.8, 4) is 0 Å². The highest BCUT2D eigenvalue weighted by molar-refractivity contribution is 7.09. The molecule has 3 aromatic rings. The van der Waals surface area contributed by atoms with Gasteiger partial charge in [0.25, 0.3) is 0 Å². The van der Waals surface area contributed by atoms with Crippen LogP contribution in [0.3, 0.4) is 0 Å². The second-order valence-corrected chi connectivity index (χ2v) is 9.48. The molecule has 0 bridgehead atoms. The van der Waals surface area contributed by atoms with Crippen molar-refractivity contribution < 1.29 is 4.79 Å². The van der Waals surface area contributed by atoms with Crippen LogP contribution in [0.2, 0.25) is 0 Å². The van der Waals surface area contributed by atoms with E-state index in [1.54, 1.807) is 11.3 Å². The molecule has 1 unspecified atom stereocenters. The SMILES string of the molecule is Cc1cccc(Cc2cc(C)nc(C3CCCN(C(=O)Cc4csc(C)n4)C3)c2)c1. The maximum absolute atomic E-state index is 12.8. The van der Waals surface area contributed by atoms with Crippen molar-refractivity contribution >= 4 is 17.2 Å². The van der Waals surface area contributed by atoms with Gasteiger partial charge in [-0.15, -0.1) is 11.3 Å². The van der Waals surface area contributed by atoms with Crippen LogP contribution in [0.5, 0.6) is 0 Å². The van der Waals surface area contributed by atoms with Crippen LogP contribution in [0.15, 0.2) is 41.8 Å². The molecule has 1 aliphatic rings. The molecule has 30 heavy (non-hydrogen) atoms. The van der Waals surface area contributed by atoms with Gasteiger partial charge < -0.3 is 4.90 Å². The first-order valence-electron chi connectivity index (χ1n) is 10.7. The van der Waals surface area contributed by atoms with Crippen molar-refractivity contribution in [1.29, 1.82) is 0 Å². The highest BCUT2D eigenvalue weighted by atomic mass is 32.1. The van der Waals surface area contributed by atoms with Crippen LogP contribution in [0, 0.1) is 20.8 Å². The van der Waals surface area contributed by atoms with E-state index in [-0.39, 0.29) is 5.91 Å². The van der Waals surface area contributed by atoms with E-state index in [1.165, 1.54) is 16.7 Å². The Balaban J connectivity index is 1.47. The molecule has 2 aromatic heterocycles. The van der Waals surface area contributed by atoms with Gasteiger partial charge in [-0.1, -0.05) is 29.8 Å². The summed E-state index contributed by atoms with van der Waals surface area (Å²) in [7, 11) is 0. The lowest BCUT2D eigenvalue weighted by Gasteiger charge is -2.32. The van der Waals surface area contributed by atoms with Crippen LogP contribution >= 0.6 is 11.3 Å². The zero-order valence-electron chi connectivity index (χ0n) is 18.0. The molecule has 1 aliphatic heterocycles. The number of thiazole rings is 1. The van der Waals surface area contributed by atoms with E-state index in [9.17, 15) is 4.79 Å². The molecule has 0 saturated carbocycles. The molecule has 1 saturated heterocycles. The molecule has 1 fully saturated rings. The Kier molecular flexibility index (Phi) is 6.28. The first-order chi connectivity index (χ1) is 14.5. The Bertz CT molecular complexity index is 1040. The van der Waals surface area contributed by atoms with Gasteiger partial charge >= 0.3 is 0 Å². The quantitative estimate of drug-likeness (QED) is 0.584. The number of carbonyl (C=O) groups is 1. The molecule has 0 N–H and O–H groups in total. The average molecular weight is 420 g/mol. The first kappa shape index (κ1) is 20.7. The number of rotatable bonds is 5. The molecule has 4 rings (SSSR count). The van der Waals surface area contributed by atoms with Gasteiger partial charge in [0.1, 0.15) is 0 Å². The number of hydrogen-bond acceptors (Lipinski definition) is 4. The lowest BCUT2D eigenvalue weighted by Crippen LogP contribution is -2.40. The Morgan fingerprint density at radius 1 is 1.13 bits per heavy atom. The summed E-state index contributed by atoms with van der Waals surface area (Å²) in [5.41, 5.74) is 6.97. The molecule has 5 heteroatoms. The largest absolute Gasteiger partial charge is 0.342 e. The number of pyridine rings is 1. The minimum absolute atomic E-state index is 0.178. The fourth-order valence-corrected chi connectivity index (χ4v) is 4.95. The number of piperidine rings is 1. The van der Waals surface area contributed by atoms with E-state index in [4.69, 9.17) is 4.98 Å². The standard InChI is InChI=1S/C25H29N3OS/c1-17-6-4-7-20(10-17)12-21-11-18(2)26-24(13-21)22-8-5-9-28(15-22)25(29)14-23-16-30-19(3)27-23/h4,6-7,10-11,13,16,22H,5,8-9,12,14-15H2,1-3H3. The van der Waals surface area contributed by atoms with E-state index in [1.807, 2.05) is 17.2 Å². The van der Waals surface area contributed by atoms with Gasteiger partial charge in [0.15, 0.2) is 0 Å². The first-order valence-corrected chi connectivity index (χ1v) is 11.6. The van der Waals surface area contributed by atoms with Crippen molar-refractivity contribution in [1.82, 2.24) is 14.9 Å². The van der Waals surface area contributed by atoms with Gasteiger partial charge in [-0.25, -0.2) is 4.98 Å². The summed E-state index contributed by atoms with van der Waals surface area (Å²) < 4.78 is 0.